The molecule has 3 aliphatic heterocycles. The van der Waals surface area contributed by atoms with E-state index >= 15 is 0 Å². The van der Waals surface area contributed by atoms with Crippen LogP contribution >= 0.6 is 0 Å². The molecule has 0 aromatic rings. The van der Waals surface area contributed by atoms with E-state index in [0.29, 0.717) is 30.0 Å². The number of nitrogens with zero attached hydrogens (tertiary/aromatic N) is 1. The second-order valence-corrected chi connectivity index (χ2v) is 9.46. The number of hydrogen-bond donors (Lipinski definition) is 2. The Morgan fingerprint density at radius 2 is 1.77 bits per heavy atom. The summed E-state index contributed by atoms with van der Waals surface area (Å²) >= 11 is 0. The highest BCUT2D eigenvalue weighted by Crippen LogP contribution is 2.46. The van der Waals surface area contributed by atoms with E-state index in [2.05, 4.69) is 57.1 Å². The van der Waals surface area contributed by atoms with Crippen molar-refractivity contribution in [3.05, 3.63) is 0 Å². The Balaban J connectivity index is 1.89. The number of hydrogen-bond acceptors (Lipinski definition) is 4. The Morgan fingerprint density at radius 3 is 2.36 bits per heavy atom. The molecule has 5 unspecified atom stereocenters. The van der Waals surface area contributed by atoms with Crippen LogP contribution in [0.5, 0.6) is 0 Å². The predicted octanol–water partition coefficient (Wildman–Crippen LogP) is 2.35. The normalized spacial score (nSPS) is 39.6. The van der Waals surface area contributed by atoms with Gasteiger partial charge in [0.15, 0.2) is 5.78 Å². The molecule has 3 saturated heterocycles. The molecule has 3 aliphatic rings. The average Bonchev–Trinajstić information content (AvgIpc) is 2.90. The lowest BCUT2D eigenvalue weighted by Crippen LogP contribution is -2.59. The summed E-state index contributed by atoms with van der Waals surface area (Å²) < 4.78 is 0. The summed E-state index contributed by atoms with van der Waals surface area (Å²) in [5, 5.41) is 7.44. The second kappa shape index (κ2) is 5.29. The van der Waals surface area contributed by atoms with Crippen molar-refractivity contribution in [1.82, 2.24) is 15.5 Å². The quantitative estimate of drug-likeness (QED) is 0.780. The molecule has 3 fully saturated rings. The van der Waals surface area contributed by atoms with Gasteiger partial charge in [0.05, 0.1) is 18.4 Å². The predicted molar refractivity (Wildman–Crippen MR) is 89.4 cm³/mol. The van der Waals surface area contributed by atoms with Gasteiger partial charge in [-0.15, -0.1) is 0 Å². The number of nitrogens with one attached hydrogen (secondary N) is 2. The van der Waals surface area contributed by atoms with Crippen molar-refractivity contribution >= 4 is 5.78 Å². The number of likely N-dealkylation sites (tertiary alicyclic amines) is 1. The SMILES string of the molecule is CC(C)(C)C(=O)C1CC2C3CCCNC3NC2N1C(C)(C)C. The summed E-state index contributed by atoms with van der Waals surface area (Å²) in [5.74, 6) is 1.69. The zero-order valence-corrected chi connectivity index (χ0v) is 15.1. The van der Waals surface area contributed by atoms with Crippen LogP contribution < -0.4 is 10.6 Å². The second-order valence-electron chi connectivity index (χ2n) is 9.46. The first-order chi connectivity index (χ1) is 10.1. The maximum atomic E-state index is 13.0. The van der Waals surface area contributed by atoms with Gasteiger partial charge in [-0.1, -0.05) is 20.8 Å². The first kappa shape index (κ1) is 16.4. The number of carbonyl (C=O) groups excluding carboxylic acids is 1. The minimum atomic E-state index is -0.267. The van der Waals surface area contributed by atoms with E-state index in [9.17, 15) is 4.79 Å². The van der Waals surface area contributed by atoms with E-state index in [4.69, 9.17) is 0 Å². The largest absolute Gasteiger partial charge is 0.302 e. The van der Waals surface area contributed by atoms with E-state index in [1.54, 1.807) is 0 Å². The Morgan fingerprint density at radius 1 is 1.09 bits per heavy atom. The fraction of sp³-hybridized carbons (Fsp3) is 0.944. The third-order valence-corrected chi connectivity index (χ3v) is 5.76. The first-order valence-electron chi connectivity index (χ1n) is 8.93. The summed E-state index contributed by atoms with van der Waals surface area (Å²) in [6.07, 6.45) is 4.37. The lowest BCUT2D eigenvalue weighted by atomic mass is 9.80. The molecule has 0 saturated carbocycles. The number of Topliss-reactive ketones (excluding diaryl/α,β-unsaturated/α-hetero) is 1. The van der Waals surface area contributed by atoms with Crippen LogP contribution in [0.4, 0.5) is 0 Å². The van der Waals surface area contributed by atoms with Crippen molar-refractivity contribution in [3.8, 4) is 0 Å². The first-order valence-corrected chi connectivity index (χ1v) is 8.93. The molecular formula is C18H33N3O. The Bertz CT molecular complexity index is 448. The molecule has 2 N–H and O–H groups in total. The van der Waals surface area contributed by atoms with Crippen LogP contribution in [0, 0.1) is 17.3 Å². The molecular weight excluding hydrogens is 274 g/mol. The Labute approximate surface area is 135 Å². The molecule has 0 radical (unpaired) electrons. The molecule has 3 heterocycles. The molecule has 0 aromatic carbocycles. The Hall–Kier alpha value is -0.450. The number of rotatable bonds is 1. The molecule has 126 valence electrons. The molecule has 0 spiro atoms. The van der Waals surface area contributed by atoms with Gasteiger partial charge >= 0.3 is 0 Å². The van der Waals surface area contributed by atoms with Crippen LogP contribution in [0.2, 0.25) is 0 Å². The summed E-state index contributed by atoms with van der Waals surface area (Å²) in [4.78, 5) is 15.5. The van der Waals surface area contributed by atoms with Crippen LogP contribution in [0.25, 0.3) is 0 Å². The highest BCUT2D eigenvalue weighted by molar-refractivity contribution is 5.89. The highest BCUT2D eigenvalue weighted by Gasteiger charge is 2.57. The van der Waals surface area contributed by atoms with Crippen molar-refractivity contribution in [2.75, 3.05) is 6.54 Å². The number of fused-ring (bicyclic) bond motifs is 3. The molecule has 4 nitrogen and oxygen atoms in total. The van der Waals surface area contributed by atoms with Crippen LogP contribution in [-0.2, 0) is 4.79 Å². The highest BCUT2D eigenvalue weighted by atomic mass is 16.1. The van der Waals surface area contributed by atoms with Gasteiger partial charge in [0.2, 0.25) is 0 Å². The third kappa shape index (κ3) is 2.63. The van der Waals surface area contributed by atoms with Crippen molar-refractivity contribution in [3.63, 3.8) is 0 Å². The van der Waals surface area contributed by atoms with Gasteiger partial charge in [-0.05, 0) is 58.4 Å². The molecule has 22 heavy (non-hydrogen) atoms. The van der Waals surface area contributed by atoms with Crippen molar-refractivity contribution < 1.29 is 4.79 Å². The fourth-order valence-electron chi connectivity index (χ4n) is 4.87. The third-order valence-electron chi connectivity index (χ3n) is 5.76. The van der Waals surface area contributed by atoms with E-state index in [1.165, 1.54) is 12.8 Å². The van der Waals surface area contributed by atoms with E-state index in [-0.39, 0.29) is 17.0 Å². The molecule has 5 atom stereocenters. The van der Waals surface area contributed by atoms with Gasteiger partial charge < -0.3 is 5.32 Å². The average molecular weight is 307 g/mol. The van der Waals surface area contributed by atoms with E-state index in [0.717, 1.165) is 13.0 Å². The maximum absolute atomic E-state index is 13.0. The van der Waals surface area contributed by atoms with Gasteiger partial charge in [-0.25, -0.2) is 0 Å². The number of ketones is 1. The van der Waals surface area contributed by atoms with Gasteiger partial charge in [0.25, 0.3) is 0 Å². The van der Waals surface area contributed by atoms with E-state index in [1.807, 2.05) is 0 Å². The molecule has 4 heteroatoms. The Kier molecular flexibility index (Phi) is 3.94. The molecule has 0 amide bonds. The fourth-order valence-corrected chi connectivity index (χ4v) is 4.87. The van der Waals surface area contributed by atoms with Crippen molar-refractivity contribution in [1.29, 1.82) is 0 Å². The van der Waals surface area contributed by atoms with Gasteiger partial charge in [0.1, 0.15) is 0 Å². The summed E-state index contributed by atoms with van der Waals surface area (Å²) in [6.45, 7) is 14.0. The minimum Gasteiger partial charge on any atom is -0.302 e. The van der Waals surface area contributed by atoms with E-state index < -0.39 is 0 Å². The topological polar surface area (TPSA) is 44.4 Å². The lowest BCUT2D eigenvalue weighted by Gasteiger charge is -2.42. The zero-order chi connectivity index (χ0) is 16.3. The monoisotopic (exact) mass is 307 g/mol. The summed E-state index contributed by atoms with van der Waals surface area (Å²) in [6, 6.07) is 0.0605. The van der Waals surface area contributed by atoms with Gasteiger partial charge in [-0.3, -0.25) is 15.0 Å². The molecule has 3 rings (SSSR count). The lowest BCUT2D eigenvalue weighted by molar-refractivity contribution is -0.133. The smallest absolute Gasteiger partial charge is 0.155 e. The molecule has 0 aliphatic carbocycles. The number of piperidine rings is 1. The standard InChI is InChI=1S/C18H33N3O/c1-17(2,3)14(22)13-10-12-11-8-7-9-19-15(11)20-16(12)21(13)18(4,5)6/h11-13,15-16,19-20H,7-10H2,1-6H3. The van der Waals surface area contributed by atoms with Crippen molar-refractivity contribution in [2.24, 2.45) is 17.3 Å². The summed E-state index contributed by atoms with van der Waals surface area (Å²) in [5.41, 5.74) is -0.261. The molecule has 0 aromatic heterocycles. The summed E-state index contributed by atoms with van der Waals surface area (Å²) in [7, 11) is 0. The van der Waals surface area contributed by atoms with Crippen molar-refractivity contribution in [2.45, 2.75) is 84.7 Å². The minimum absolute atomic E-state index is 0.00544. The van der Waals surface area contributed by atoms with Crippen LogP contribution in [-0.4, -0.2) is 41.1 Å². The number of carbonyl (C=O) groups is 1. The molecule has 0 bridgehead atoms. The maximum Gasteiger partial charge on any atom is 0.155 e. The van der Waals surface area contributed by atoms with Crippen LogP contribution in [0.3, 0.4) is 0 Å². The van der Waals surface area contributed by atoms with Gasteiger partial charge in [0, 0.05) is 11.0 Å². The zero-order valence-electron chi connectivity index (χ0n) is 15.1. The van der Waals surface area contributed by atoms with Gasteiger partial charge in [-0.2, -0.15) is 0 Å². The van der Waals surface area contributed by atoms with Crippen LogP contribution in [0.15, 0.2) is 0 Å². The van der Waals surface area contributed by atoms with Crippen LogP contribution in [0.1, 0.15) is 60.8 Å².